The normalized spacial score (nSPS) is 12.7. The molecule has 0 bridgehead atoms. The van der Waals surface area contributed by atoms with Gasteiger partial charge in [-0.2, -0.15) is 4.31 Å². The summed E-state index contributed by atoms with van der Waals surface area (Å²) < 4.78 is 40.5. The van der Waals surface area contributed by atoms with E-state index in [2.05, 4.69) is 0 Å². The highest BCUT2D eigenvalue weighted by molar-refractivity contribution is 7.89. The highest BCUT2D eigenvalue weighted by Crippen LogP contribution is 2.28. The van der Waals surface area contributed by atoms with E-state index in [4.69, 9.17) is 9.47 Å². The third-order valence-electron chi connectivity index (χ3n) is 6.02. The first kappa shape index (κ1) is 27.8. The van der Waals surface area contributed by atoms with Gasteiger partial charge >= 0.3 is 5.97 Å². The molecule has 1 aromatic heterocycles. The van der Waals surface area contributed by atoms with Gasteiger partial charge in [-0.3, -0.25) is 4.79 Å². The SMILES string of the molecule is CCOCCCN(C(C)C(=O)c1c(C)c(C(=O)OC)n(CC)c1C)S(=O)(=O)c1ccc(C)cc1. The maximum atomic E-state index is 13.7. The maximum absolute atomic E-state index is 13.7. The lowest BCUT2D eigenvalue weighted by Crippen LogP contribution is -2.44. The molecule has 1 atom stereocenters. The lowest BCUT2D eigenvalue weighted by molar-refractivity contribution is 0.0587. The molecule has 8 nitrogen and oxygen atoms in total. The van der Waals surface area contributed by atoms with E-state index in [0.29, 0.717) is 48.7 Å². The van der Waals surface area contributed by atoms with Crippen molar-refractivity contribution in [3.63, 3.8) is 0 Å². The van der Waals surface area contributed by atoms with Crippen LogP contribution in [-0.4, -0.2) is 62.0 Å². The van der Waals surface area contributed by atoms with Crippen molar-refractivity contribution in [2.75, 3.05) is 26.9 Å². The second kappa shape index (κ2) is 11.8. The molecule has 188 valence electrons. The molecule has 0 aliphatic carbocycles. The van der Waals surface area contributed by atoms with Gasteiger partial charge in [0.05, 0.1) is 18.0 Å². The first-order valence-corrected chi connectivity index (χ1v) is 12.9. The largest absolute Gasteiger partial charge is 0.464 e. The lowest BCUT2D eigenvalue weighted by Gasteiger charge is -2.28. The average Bonchev–Trinajstić information content (AvgIpc) is 3.06. The lowest BCUT2D eigenvalue weighted by atomic mass is 10.0. The van der Waals surface area contributed by atoms with E-state index >= 15 is 0 Å². The van der Waals surface area contributed by atoms with Gasteiger partial charge in [0.25, 0.3) is 0 Å². The molecule has 0 fully saturated rings. The van der Waals surface area contributed by atoms with Gasteiger partial charge in [-0.05, 0) is 65.7 Å². The van der Waals surface area contributed by atoms with Gasteiger partial charge < -0.3 is 14.0 Å². The van der Waals surface area contributed by atoms with Crippen LogP contribution >= 0.6 is 0 Å². The molecule has 1 aromatic carbocycles. The number of nitrogens with zero attached hydrogens (tertiary/aromatic N) is 2. The minimum Gasteiger partial charge on any atom is -0.464 e. The summed E-state index contributed by atoms with van der Waals surface area (Å²) in [4.78, 5) is 26.3. The van der Waals surface area contributed by atoms with Crippen LogP contribution in [0.2, 0.25) is 0 Å². The molecule has 0 radical (unpaired) electrons. The molecule has 2 rings (SSSR count). The first-order chi connectivity index (χ1) is 16.0. The number of benzene rings is 1. The monoisotopic (exact) mass is 492 g/mol. The molecule has 0 saturated heterocycles. The highest BCUT2D eigenvalue weighted by atomic mass is 32.2. The van der Waals surface area contributed by atoms with Crippen LogP contribution < -0.4 is 0 Å². The van der Waals surface area contributed by atoms with Gasteiger partial charge in [0.15, 0.2) is 5.78 Å². The summed E-state index contributed by atoms with van der Waals surface area (Å²) in [6, 6.07) is 5.59. The highest BCUT2D eigenvalue weighted by Gasteiger charge is 2.36. The molecule has 1 unspecified atom stereocenters. The predicted molar refractivity (Wildman–Crippen MR) is 131 cm³/mol. The molecule has 1 heterocycles. The summed E-state index contributed by atoms with van der Waals surface area (Å²) in [5.41, 5.74) is 2.70. The number of Topliss-reactive ketones (excluding diaryl/α,β-unsaturated/α-hetero) is 1. The summed E-state index contributed by atoms with van der Waals surface area (Å²) in [5.74, 6) is -0.894. The Morgan fingerprint density at radius 3 is 2.24 bits per heavy atom. The van der Waals surface area contributed by atoms with Gasteiger partial charge in [0.1, 0.15) is 5.69 Å². The second-order valence-electron chi connectivity index (χ2n) is 8.19. The Hall–Kier alpha value is -2.49. The van der Waals surface area contributed by atoms with E-state index in [1.54, 1.807) is 49.6 Å². The van der Waals surface area contributed by atoms with Crippen molar-refractivity contribution in [3.8, 4) is 0 Å². The Morgan fingerprint density at radius 2 is 1.71 bits per heavy atom. The van der Waals surface area contributed by atoms with Crippen LogP contribution in [0.3, 0.4) is 0 Å². The molecule has 0 spiro atoms. The zero-order valence-electron chi connectivity index (χ0n) is 21.2. The number of methoxy groups -OCH3 is 1. The van der Waals surface area contributed by atoms with E-state index < -0.39 is 22.0 Å². The fourth-order valence-electron chi connectivity index (χ4n) is 4.19. The average molecular weight is 493 g/mol. The molecule has 0 saturated carbocycles. The zero-order valence-corrected chi connectivity index (χ0v) is 22.0. The third kappa shape index (κ3) is 5.59. The van der Waals surface area contributed by atoms with Crippen molar-refractivity contribution in [3.05, 3.63) is 52.3 Å². The van der Waals surface area contributed by atoms with Gasteiger partial charge in [-0.25, -0.2) is 13.2 Å². The third-order valence-corrected chi connectivity index (χ3v) is 8.00. The standard InChI is InChI=1S/C25H36N2O6S/c1-8-26-19(5)22(18(4)23(26)25(29)32-7)24(28)20(6)27(15-10-16-33-9-2)34(30,31)21-13-11-17(3)12-14-21/h11-14,20H,8-10,15-16H2,1-7H3. The van der Waals surface area contributed by atoms with Crippen molar-refractivity contribution >= 4 is 21.8 Å². The van der Waals surface area contributed by atoms with Crippen LogP contribution in [0.1, 0.15) is 64.9 Å². The number of aryl methyl sites for hydroxylation is 1. The van der Waals surface area contributed by atoms with Crippen LogP contribution in [0.5, 0.6) is 0 Å². The van der Waals surface area contributed by atoms with Crippen molar-refractivity contribution < 1.29 is 27.5 Å². The minimum atomic E-state index is -3.95. The smallest absolute Gasteiger partial charge is 0.354 e. The fraction of sp³-hybridized carbons (Fsp3) is 0.520. The van der Waals surface area contributed by atoms with Gasteiger partial charge in [-0.15, -0.1) is 0 Å². The van der Waals surface area contributed by atoms with E-state index in [1.165, 1.54) is 11.4 Å². The zero-order chi connectivity index (χ0) is 25.6. The van der Waals surface area contributed by atoms with Crippen LogP contribution in [0.25, 0.3) is 0 Å². The number of hydrogen-bond acceptors (Lipinski definition) is 6. The van der Waals surface area contributed by atoms with Crippen molar-refractivity contribution in [1.29, 1.82) is 0 Å². The molecular formula is C25H36N2O6S. The topological polar surface area (TPSA) is 94.9 Å². The molecule has 34 heavy (non-hydrogen) atoms. The molecule has 9 heteroatoms. The second-order valence-corrected chi connectivity index (χ2v) is 10.1. The molecule has 0 aliphatic rings. The molecule has 0 N–H and O–H groups in total. The number of ether oxygens (including phenoxy) is 2. The number of rotatable bonds is 12. The number of hydrogen-bond donors (Lipinski definition) is 0. The Morgan fingerprint density at radius 1 is 1.09 bits per heavy atom. The number of carbonyl (C=O) groups excluding carboxylic acids is 2. The number of aromatic nitrogens is 1. The molecular weight excluding hydrogens is 456 g/mol. The number of carbonyl (C=O) groups is 2. The fourth-order valence-corrected chi connectivity index (χ4v) is 5.82. The summed E-state index contributed by atoms with van der Waals surface area (Å²) in [6.45, 7) is 12.2. The van der Waals surface area contributed by atoms with E-state index in [1.807, 2.05) is 20.8 Å². The minimum absolute atomic E-state index is 0.125. The molecule has 2 aromatic rings. The van der Waals surface area contributed by atoms with Crippen LogP contribution in [0.4, 0.5) is 0 Å². The van der Waals surface area contributed by atoms with Crippen molar-refractivity contribution in [2.45, 2.75) is 65.4 Å². The van der Waals surface area contributed by atoms with Crippen LogP contribution in [0.15, 0.2) is 29.2 Å². The summed E-state index contributed by atoms with van der Waals surface area (Å²) in [7, 11) is -2.66. The summed E-state index contributed by atoms with van der Waals surface area (Å²) in [5, 5.41) is 0. The number of sulfonamides is 1. The van der Waals surface area contributed by atoms with Gasteiger partial charge in [0.2, 0.25) is 10.0 Å². The quantitative estimate of drug-likeness (QED) is 0.253. The molecule has 0 aliphatic heterocycles. The number of esters is 1. The summed E-state index contributed by atoms with van der Waals surface area (Å²) >= 11 is 0. The van der Waals surface area contributed by atoms with E-state index in [9.17, 15) is 18.0 Å². The van der Waals surface area contributed by atoms with Crippen molar-refractivity contribution in [2.24, 2.45) is 0 Å². The Kier molecular flexibility index (Phi) is 9.61. The first-order valence-electron chi connectivity index (χ1n) is 11.5. The molecule has 0 amide bonds. The van der Waals surface area contributed by atoms with Crippen molar-refractivity contribution in [1.82, 2.24) is 8.87 Å². The maximum Gasteiger partial charge on any atom is 0.354 e. The summed E-state index contributed by atoms with van der Waals surface area (Å²) in [6.07, 6.45) is 0.442. The van der Waals surface area contributed by atoms with E-state index in [0.717, 1.165) is 5.56 Å². The van der Waals surface area contributed by atoms with E-state index in [-0.39, 0.29) is 17.2 Å². The van der Waals surface area contributed by atoms with Crippen LogP contribution in [-0.2, 0) is 26.0 Å². The van der Waals surface area contributed by atoms with Crippen LogP contribution in [0, 0.1) is 20.8 Å². The Balaban J connectivity index is 2.54. The Labute approximate surface area is 202 Å². The predicted octanol–water partition coefficient (Wildman–Crippen LogP) is 3.91. The number of ketones is 1. The van der Waals surface area contributed by atoms with Gasteiger partial charge in [-0.1, -0.05) is 17.7 Å². The van der Waals surface area contributed by atoms with Gasteiger partial charge in [0, 0.05) is 37.6 Å². The Bertz CT molecular complexity index is 1120.